The Bertz CT molecular complexity index is 1220. The maximum absolute atomic E-state index is 14.9. The van der Waals surface area contributed by atoms with Crippen LogP contribution in [0, 0.1) is 10.6 Å². The smallest absolute Gasteiger partial charge is 0.419 e. The molecule has 1 N–H and O–H groups in total. The number of hydrogen-bond donors (Lipinski definition) is 1. The molecule has 1 saturated carbocycles. The molecule has 152 valence electrons. The van der Waals surface area contributed by atoms with E-state index < -0.39 is 27.2 Å². The van der Waals surface area contributed by atoms with E-state index in [-0.39, 0.29) is 15.7 Å². The van der Waals surface area contributed by atoms with Gasteiger partial charge >= 0.3 is 6.09 Å². The van der Waals surface area contributed by atoms with Crippen LogP contribution in [-0.4, -0.2) is 25.7 Å². The lowest BCUT2D eigenvalue weighted by atomic mass is 10.1. The summed E-state index contributed by atoms with van der Waals surface area (Å²) >= 11 is 0. The summed E-state index contributed by atoms with van der Waals surface area (Å²) < 4.78 is 42.9. The van der Waals surface area contributed by atoms with Crippen LogP contribution in [-0.2, 0) is 14.5 Å². The van der Waals surface area contributed by atoms with Gasteiger partial charge in [-0.1, -0.05) is 18.2 Å². The third kappa shape index (κ3) is 3.67. The van der Waals surface area contributed by atoms with Gasteiger partial charge in [0.15, 0.2) is 0 Å². The highest BCUT2D eigenvalue weighted by atomic mass is 32.2. The fourth-order valence-electron chi connectivity index (χ4n) is 3.34. The Morgan fingerprint density at radius 2 is 1.86 bits per heavy atom. The zero-order chi connectivity index (χ0) is 21.0. The van der Waals surface area contributed by atoms with Crippen molar-refractivity contribution in [1.29, 1.82) is 4.78 Å². The molecule has 29 heavy (non-hydrogen) atoms. The number of carbonyl (C=O) groups excluding carboxylic acids is 1. The summed E-state index contributed by atoms with van der Waals surface area (Å²) in [6, 6.07) is 13.0. The molecule has 1 fully saturated rings. The lowest BCUT2D eigenvalue weighted by Gasteiger charge is -2.21. The van der Waals surface area contributed by atoms with E-state index >= 15 is 0 Å². The molecule has 0 amide bonds. The van der Waals surface area contributed by atoms with Gasteiger partial charge in [-0.15, -0.1) is 0 Å². The van der Waals surface area contributed by atoms with Crippen molar-refractivity contribution in [1.82, 2.24) is 4.57 Å². The molecule has 0 aliphatic heterocycles. The monoisotopic (exact) mass is 414 g/mol. The molecule has 1 aromatic heterocycles. The van der Waals surface area contributed by atoms with Crippen LogP contribution in [0.3, 0.4) is 0 Å². The van der Waals surface area contributed by atoms with E-state index in [9.17, 15) is 13.4 Å². The molecule has 1 atom stereocenters. The van der Waals surface area contributed by atoms with Gasteiger partial charge in [0.25, 0.3) is 0 Å². The summed E-state index contributed by atoms with van der Waals surface area (Å²) in [5, 5.41) is 0.574. The molecule has 0 spiro atoms. The molecule has 0 bridgehead atoms. The van der Waals surface area contributed by atoms with Gasteiger partial charge in [0.05, 0.1) is 20.9 Å². The molecular formula is C22H23FN2O3S. The predicted molar refractivity (Wildman–Crippen MR) is 111 cm³/mol. The van der Waals surface area contributed by atoms with Crippen molar-refractivity contribution in [2.45, 2.75) is 49.4 Å². The van der Waals surface area contributed by atoms with Crippen LogP contribution in [0.2, 0.25) is 0 Å². The minimum absolute atomic E-state index is 0.130. The van der Waals surface area contributed by atoms with Gasteiger partial charge in [-0.3, -0.25) is 0 Å². The molecule has 4 rings (SSSR count). The molecule has 3 aromatic rings. The highest BCUT2D eigenvalue weighted by Crippen LogP contribution is 2.37. The van der Waals surface area contributed by atoms with Crippen LogP contribution in [0.4, 0.5) is 9.18 Å². The van der Waals surface area contributed by atoms with E-state index in [0.29, 0.717) is 11.2 Å². The molecule has 7 heteroatoms. The first-order valence-corrected chi connectivity index (χ1v) is 11.1. The van der Waals surface area contributed by atoms with Gasteiger partial charge < -0.3 is 4.74 Å². The first-order chi connectivity index (χ1) is 13.6. The van der Waals surface area contributed by atoms with Crippen LogP contribution >= 0.6 is 0 Å². The van der Waals surface area contributed by atoms with E-state index in [4.69, 9.17) is 9.52 Å². The summed E-state index contributed by atoms with van der Waals surface area (Å²) in [5.41, 5.74) is 0.313. The third-order valence-corrected chi connectivity index (χ3v) is 7.21. The minimum Gasteiger partial charge on any atom is -0.443 e. The van der Waals surface area contributed by atoms with Crippen molar-refractivity contribution in [3.63, 3.8) is 0 Å². The summed E-state index contributed by atoms with van der Waals surface area (Å²) in [6.45, 7) is 5.30. The fourth-order valence-corrected chi connectivity index (χ4v) is 5.09. The minimum atomic E-state index is -3.00. The molecular weight excluding hydrogens is 391 g/mol. The van der Waals surface area contributed by atoms with E-state index in [1.165, 1.54) is 22.8 Å². The zero-order valence-corrected chi connectivity index (χ0v) is 17.4. The Kier molecular flexibility index (Phi) is 4.53. The molecule has 5 nitrogen and oxygen atoms in total. The van der Waals surface area contributed by atoms with Crippen LogP contribution in [0.5, 0.6) is 0 Å². The second kappa shape index (κ2) is 6.69. The number of hydrogen-bond acceptors (Lipinski definition) is 4. The second-order valence-corrected chi connectivity index (χ2v) is 10.7. The predicted octanol–water partition coefficient (Wildman–Crippen LogP) is 5.80. The Labute approximate surface area is 169 Å². The number of fused-ring (bicyclic) bond motifs is 1. The van der Waals surface area contributed by atoms with E-state index in [1.54, 1.807) is 39.0 Å². The summed E-state index contributed by atoms with van der Waals surface area (Å²) in [5.74, 6) is -0.549. The first-order valence-electron chi connectivity index (χ1n) is 9.49. The van der Waals surface area contributed by atoms with E-state index in [1.807, 2.05) is 12.1 Å². The van der Waals surface area contributed by atoms with Crippen LogP contribution in [0.15, 0.2) is 53.4 Å². The lowest BCUT2D eigenvalue weighted by Crippen LogP contribution is -2.27. The van der Waals surface area contributed by atoms with Gasteiger partial charge in [0.1, 0.15) is 11.4 Å². The molecule has 1 aliphatic rings. The average Bonchev–Trinajstić information content (AvgIpc) is 3.41. The maximum Gasteiger partial charge on any atom is 0.419 e. The molecule has 0 saturated heterocycles. The highest BCUT2D eigenvalue weighted by Gasteiger charge is 2.34. The Hall–Kier alpha value is -2.67. The van der Waals surface area contributed by atoms with Crippen molar-refractivity contribution in [3.8, 4) is 11.3 Å². The van der Waals surface area contributed by atoms with Gasteiger partial charge in [-0.05, 0) is 63.9 Å². The summed E-state index contributed by atoms with van der Waals surface area (Å²) in [7, 11) is -3.00. The van der Waals surface area contributed by atoms with Crippen molar-refractivity contribution >= 4 is 26.7 Å². The summed E-state index contributed by atoms with van der Waals surface area (Å²) in [6.07, 6.45) is 0.868. The van der Waals surface area contributed by atoms with Crippen LogP contribution in [0.1, 0.15) is 33.6 Å². The van der Waals surface area contributed by atoms with Gasteiger partial charge in [0.2, 0.25) is 0 Å². The van der Waals surface area contributed by atoms with Gasteiger partial charge in [-0.2, -0.15) is 0 Å². The SMILES string of the molecule is CC(C)(C)OC(=O)n1c(-c2cc(S(=N)(=O)C3CC3)ccc2F)cc2ccccc21. The van der Waals surface area contributed by atoms with E-state index in [2.05, 4.69) is 0 Å². The van der Waals surface area contributed by atoms with Gasteiger partial charge in [-0.25, -0.2) is 22.7 Å². The number of nitrogens with one attached hydrogen (secondary N) is 1. The zero-order valence-electron chi connectivity index (χ0n) is 16.6. The molecule has 1 heterocycles. The van der Waals surface area contributed by atoms with Crippen LogP contribution < -0.4 is 0 Å². The van der Waals surface area contributed by atoms with E-state index in [0.717, 1.165) is 18.2 Å². The first kappa shape index (κ1) is 19.6. The van der Waals surface area contributed by atoms with Crippen molar-refractivity contribution in [2.24, 2.45) is 0 Å². The molecule has 0 radical (unpaired) electrons. The average molecular weight is 415 g/mol. The molecule has 1 unspecified atom stereocenters. The number of rotatable bonds is 3. The van der Waals surface area contributed by atoms with Gasteiger partial charge in [0, 0.05) is 21.1 Å². The largest absolute Gasteiger partial charge is 0.443 e. The summed E-state index contributed by atoms with van der Waals surface area (Å²) in [4.78, 5) is 13.3. The maximum atomic E-state index is 14.9. The molecule has 1 aliphatic carbocycles. The number of nitrogens with zero attached hydrogens (tertiary/aromatic N) is 1. The third-order valence-electron chi connectivity index (χ3n) is 4.84. The van der Waals surface area contributed by atoms with Crippen molar-refractivity contribution in [3.05, 3.63) is 54.3 Å². The number of ether oxygens (including phenoxy) is 1. The lowest BCUT2D eigenvalue weighted by molar-refractivity contribution is 0.0547. The number of aromatic nitrogens is 1. The second-order valence-electron chi connectivity index (χ2n) is 8.35. The number of halogens is 1. The standard InChI is InChI=1S/C22H23FN2O3S/c1-22(2,3)28-21(26)25-19-7-5-4-6-14(19)12-20(25)17-13-16(10-11-18(17)23)29(24,27)15-8-9-15/h4-7,10-13,15,24H,8-9H2,1-3H3. The topological polar surface area (TPSA) is 72.2 Å². The Morgan fingerprint density at radius 3 is 2.52 bits per heavy atom. The highest BCUT2D eigenvalue weighted by molar-refractivity contribution is 7.93. The van der Waals surface area contributed by atoms with Crippen molar-refractivity contribution < 1.29 is 18.1 Å². The Morgan fingerprint density at radius 1 is 1.17 bits per heavy atom. The quantitative estimate of drug-likeness (QED) is 0.589. The number of carbonyl (C=O) groups is 1. The normalized spacial score (nSPS) is 16.6. The Balaban J connectivity index is 1.92. The molecule has 2 aromatic carbocycles. The van der Waals surface area contributed by atoms with Crippen molar-refractivity contribution in [2.75, 3.05) is 0 Å². The van der Waals surface area contributed by atoms with Crippen LogP contribution in [0.25, 0.3) is 22.2 Å². The number of benzene rings is 2. The number of para-hydroxylation sites is 1. The fraction of sp³-hybridized carbons (Fsp3) is 0.318.